The standard InChI is InChI=1S/C23H23ClN2O4/c24-20-8-6-14(11-22(20)26(27)28)23-18-5-1-4-17(18)19-12-15(7-9-21(19)25-23)30-13-16-3-2-10-29-16/h1,4,6-9,11-12,16-18,23,25H,2-3,5,10,13H2. The molecule has 0 bridgehead atoms. The molecule has 0 spiro atoms. The van der Waals surface area contributed by atoms with E-state index in [1.54, 1.807) is 12.1 Å². The number of ether oxygens (including phenoxy) is 2. The van der Waals surface area contributed by atoms with Gasteiger partial charge in [0.25, 0.3) is 5.69 Å². The minimum Gasteiger partial charge on any atom is -0.491 e. The van der Waals surface area contributed by atoms with Crippen LogP contribution in [0.2, 0.25) is 5.02 Å². The lowest BCUT2D eigenvalue weighted by Crippen LogP contribution is -2.29. The largest absolute Gasteiger partial charge is 0.491 e. The molecule has 2 heterocycles. The molecule has 0 aromatic heterocycles. The SMILES string of the molecule is O=[N+]([O-])c1cc(C2Nc3ccc(OCC4CCCO4)cc3C3C=CCC32)ccc1Cl. The Balaban J connectivity index is 1.42. The first kappa shape index (κ1) is 19.4. The lowest BCUT2D eigenvalue weighted by atomic mass is 9.77. The quantitative estimate of drug-likeness (QED) is 0.381. The number of rotatable bonds is 5. The second-order valence-corrected chi connectivity index (χ2v) is 8.55. The molecule has 156 valence electrons. The van der Waals surface area contributed by atoms with E-state index in [0.29, 0.717) is 6.61 Å². The van der Waals surface area contributed by atoms with E-state index in [-0.39, 0.29) is 34.7 Å². The van der Waals surface area contributed by atoms with Crippen molar-refractivity contribution in [2.75, 3.05) is 18.5 Å². The third kappa shape index (κ3) is 3.55. The number of allylic oxidation sites excluding steroid dienone is 2. The predicted molar refractivity (Wildman–Crippen MR) is 115 cm³/mol. The number of halogens is 1. The smallest absolute Gasteiger partial charge is 0.288 e. The van der Waals surface area contributed by atoms with E-state index in [2.05, 4.69) is 23.5 Å². The molecule has 30 heavy (non-hydrogen) atoms. The van der Waals surface area contributed by atoms with Gasteiger partial charge < -0.3 is 14.8 Å². The van der Waals surface area contributed by atoms with Gasteiger partial charge in [0.1, 0.15) is 17.4 Å². The highest BCUT2D eigenvalue weighted by Gasteiger charge is 2.38. The summed E-state index contributed by atoms with van der Waals surface area (Å²) in [5.41, 5.74) is 3.07. The lowest BCUT2D eigenvalue weighted by molar-refractivity contribution is -0.384. The predicted octanol–water partition coefficient (Wildman–Crippen LogP) is 5.63. The van der Waals surface area contributed by atoms with Crippen molar-refractivity contribution in [2.45, 2.75) is 37.3 Å². The molecule has 5 rings (SSSR count). The first-order valence-corrected chi connectivity index (χ1v) is 10.7. The zero-order valence-electron chi connectivity index (χ0n) is 16.4. The Morgan fingerprint density at radius 2 is 2.17 bits per heavy atom. The van der Waals surface area contributed by atoms with Crippen LogP contribution in [0, 0.1) is 16.0 Å². The topological polar surface area (TPSA) is 73.6 Å². The number of nitrogens with one attached hydrogen (secondary N) is 1. The van der Waals surface area contributed by atoms with Gasteiger partial charge in [-0.1, -0.05) is 29.8 Å². The molecular formula is C23H23ClN2O4. The summed E-state index contributed by atoms with van der Waals surface area (Å²) in [4.78, 5) is 10.9. The number of nitro groups is 1. The van der Waals surface area contributed by atoms with E-state index in [4.69, 9.17) is 21.1 Å². The third-order valence-electron chi connectivity index (χ3n) is 6.32. The molecule has 3 aliphatic rings. The van der Waals surface area contributed by atoms with Crippen LogP contribution in [0.1, 0.15) is 42.3 Å². The Kier molecular flexibility index (Phi) is 5.13. The van der Waals surface area contributed by atoms with Crippen LogP contribution in [0.5, 0.6) is 5.75 Å². The van der Waals surface area contributed by atoms with E-state index in [9.17, 15) is 10.1 Å². The van der Waals surface area contributed by atoms with Crippen molar-refractivity contribution < 1.29 is 14.4 Å². The van der Waals surface area contributed by atoms with Gasteiger partial charge in [-0.25, -0.2) is 0 Å². The second kappa shape index (κ2) is 7.93. The summed E-state index contributed by atoms with van der Waals surface area (Å²) in [5, 5.41) is 15.1. The average molecular weight is 427 g/mol. The van der Waals surface area contributed by atoms with Gasteiger partial charge in [-0.2, -0.15) is 0 Å². The molecule has 7 heteroatoms. The Morgan fingerprint density at radius 1 is 1.27 bits per heavy atom. The van der Waals surface area contributed by atoms with Gasteiger partial charge in [0.05, 0.1) is 17.1 Å². The Morgan fingerprint density at radius 3 is 2.97 bits per heavy atom. The van der Waals surface area contributed by atoms with Crippen LogP contribution < -0.4 is 10.1 Å². The van der Waals surface area contributed by atoms with Crippen LogP contribution in [0.25, 0.3) is 0 Å². The van der Waals surface area contributed by atoms with Gasteiger partial charge in [0.2, 0.25) is 0 Å². The molecule has 2 aromatic rings. The number of anilines is 1. The van der Waals surface area contributed by atoms with Crippen molar-refractivity contribution in [3.05, 3.63) is 74.8 Å². The number of nitrogens with zero attached hydrogens (tertiary/aromatic N) is 1. The minimum atomic E-state index is -0.426. The van der Waals surface area contributed by atoms with Crippen LogP contribution in [0.3, 0.4) is 0 Å². The Bertz CT molecular complexity index is 1000. The number of nitro benzene ring substituents is 1. The highest BCUT2D eigenvalue weighted by atomic mass is 35.5. The fourth-order valence-corrected chi connectivity index (χ4v) is 5.01. The Hall–Kier alpha value is -2.57. The fourth-order valence-electron chi connectivity index (χ4n) is 4.82. The zero-order valence-corrected chi connectivity index (χ0v) is 17.2. The monoisotopic (exact) mass is 426 g/mol. The number of hydrogen-bond donors (Lipinski definition) is 1. The molecule has 0 amide bonds. The average Bonchev–Trinajstić information content (AvgIpc) is 3.44. The molecule has 1 fully saturated rings. The van der Waals surface area contributed by atoms with Crippen LogP contribution >= 0.6 is 11.6 Å². The van der Waals surface area contributed by atoms with E-state index >= 15 is 0 Å². The normalized spacial score (nSPS) is 26.7. The van der Waals surface area contributed by atoms with Gasteiger partial charge in [-0.15, -0.1) is 0 Å². The first-order chi connectivity index (χ1) is 14.6. The maximum Gasteiger partial charge on any atom is 0.288 e. The molecule has 1 aliphatic carbocycles. The number of fused-ring (bicyclic) bond motifs is 3. The summed E-state index contributed by atoms with van der Waals surface area (Å²) < 4.78 is 11.7. The molecule has 6 nitrogen and oxygen atoms in total. The van der Waals surface area contributed by atoms with Crippen LogP contribution in [0.15, 0.2) is 48.6 Å². The first-order valence-electron chi connectivity index (χ1n) is 10.4. The minimum absolute atomic E-state index is 0.0212. The van der Waals surface area contributed by atoms with Crippen molar-refractivity contribution in [1.29, 1.82) is 0 Å². The highest BCUT2D eigenvalue weighted by molar-refractivity contribution is 6.32. The van der Waals surface area contributed by atoms with Crippen molar-refractivity contribution >= 4 is 23.0 Å². The summed E-state index contributed by atoms with van der Waals surface area (Å²) in [5.74, 6) is 1.38. The van der Waals surface area contributed by atoms with Crippen LogP contribution in [0.4, 0.5) is 11.4 Å². The summed E-state index contributed by atoms with van der Waals surface area (Å²) in [6.45, 7) is 1.40. The van der Waals surface area contributed by atoms with E-state index in [1.807, 2.05) is 18.2 Å². The maximum absolute atomic E-state index is 11.3. The molecule has 4 atom stereocenters. The molecule has 2 aromatic carbocycles. The fraction of sp³-hybridized carbons (Fsp3) is 0.391. The second-order valence-electron chi connectivity index (χ2n) is 8.14. The van der Waals surface area contributed by atoms with Gasteiger partial charge in [-0.3, -0.25) is 10.1 Å². The summed E-state index contributed by atoms with van der Waals surface area (Å²) >= 11 is 6.02. The summed E-state index contributed by atoms with van der Waals surface area (Å²) in [6.07, 6.45) is 7.69. The van der Waals surface area contributed by atoms with Gasteiger partial charge >= 0.3 is 0 Å². The van der Waals surface area contributed by atoms with Crippen LogP contribution in [-0.4, -0.2) is 24.2 Å². The Labute approximate surface area is 180 Å². The number of benzene rings is 2. The summed E-state index contributed by atoms with van der Waals surface area (Å²) in [7, 11) is 0. The number of hydrogen-bond acceptors (Lipinski definition) is 5. The van der Waals surface area contributed by atoms with Gasteiger partial charge in [-0.05, 0) is 60.6 Å². The van der Waals surface area contributed by atoms with Crippen molar-refractivity contribution in [3.63, 3.8) is 0 Å². The molecular weight excluding hydrogens is 404 g/mol. The zero-order chi connectivity index (χ0) is 20.7. The van der Waals surface area contributed by atoms with Gasteiger partial charge in [0.15, 0.2) is 0 Å². The van der Waals surface area contributed by atoms with E-state index in [0.717, 1.165) is 42.9 Å². The lowest BCUT2D eigenvalue weighted by Gasteiger charge is -2.37. The molecule has 1 saturated heterocycles. The highest BCUT2D eigenvalue weighted by Crippen LogP contribution is 2.51. The third-order valence-corrected chi connectivity index (χ3v) is 6.64. The molecule has 0 radical (unpaired) electrons. The van der Waals surface area contributed by atoms with Crippen molar-refractivity contribution in [2.24, 2.45) is 5.92 Å². The van der Waals surface area contributed by atoms with Crippen LogP contribution in [-0.2, 0) is 4.74 Å². The molecule has 2 aliphatic heterocycles. The van der Waals surface area contributed by atoms with E-state index < -0.39 is 4.92 Å². The summed E-state index contributed by atoms with van der Waals surface area (Å²) in [6, 6.07) is 11.2. The van der Waals surface area contributed by atoms with Crippen molar-refractivity contribution in [1.82, 2.24) is 0 Å². The molecule has 4 unspecified atom stereocenters. The van der Waals surface area contributed by atoms with E-state index in [1.165, 1.54) is 5.56 Å². The van der Waals surface area contributed by atoms with Crippen molar-refractivity contribution in [3.8, 4) is 5.75 Å². The molecule has 1 N–H and O–H groups in total. The molecule has 0 saturated carbocycles. The van der Waals surface area contributed by atoms with Gasteiger partial charge in [0, 0.05) is 24.3 Å². The maximum atomic E-state index is 11.3.